The molecule has 1 aliphatic heterocycles. The van der Waals surface area contributed by atoms with E-state index in [-0.39, 0.29) is 24.0 Å². The number of rotatable bonds is 5. The number of aliphatic hydroxyl groups excluding tert-OH is 1. The first-order valence-electron chi connectivity index (χ1n) is 6.52. The number of fused-ring (bicyclic) bond motifs is 1. The van der Waals surface area contributed by atoms with Gasteiger partial charge in [-0.3, -0.25) is 14.9 Å². The molecule has 2 N–H and O–H groups in total. The molecule has 0 bridgehead atoms. The molecule has 0 aromatic heterocycles. The van der Waals surface area contributed by atoms with Gasteiger partial charge in [-0.1, -0.05) is 0 Å². The number of hydrogen-bond donors (Lipinski definition) is 2. The van der Waals surface area contributed by atoms with Gasteiger partial charge >= 0.3 is 0 Å². The minimum atomic E-state index is -0.493. The van der Waals surface area contributed by atoms with Gasteiger partial charge in [0.15, 0.2) is 12.4 Å². The van der Waals surface area contributed by atoms with Crippen molar-refractivity contribution in [1.82, 2.24) is 0 Å². The Balaban J connectivity index is 2.35. The van der Waals surface area contributed by atoms with Crippen LogP contribution >= 0.6 is 0 Å². The topological polar surface area (TPSA) is 105 Å². The molecule has 0 saturated heterocycles. The van der Waals surface area contributed by atoms with Crippen LogP contribution in [0.5, 0.6) is 5.75 Å². The van der Waals surface area contributed by atoms with Crippen molar-refractivity contribution in [3.63, 3.8) is 0 Å². The Morgan fingerprint density at radius 2 is 2.29 bits per heavy atom. The summed E-state index contributed by atoms with van der Waals surface area (Å²) in [7, 11) is 1.70. The van der Waals surface area contributed by atoms with Crippen LogP contribution in [0.2, 0.25) is 0 Å². The van der Waals surface area contributed by atoms with E-state index in [0.29, 0.717) is 24.3 Å². The van der Waals surface area contributed by atoms with E-state index in [2.05, 4.69) is 5.32 Å². The quantitative estimate of drug-likeness (QED) is 0.623. The summed E-state index contributed by atoms with van der Waals surface area (Å²) in [5.41, 5.74) is 0.680. The number of aliphatic hydroxyl groups is 1. The second kappa shape index (κ2) is 5.96. The summed E-state index contributed by atoms with van der Waals surface area (Å²) in [6.07, 6.45) is -0.0136. The zero-order chi connectivity index (χ0) is 15.6. The third-order valence-corrected chi connectivity index (χ3v) is 3.20. The highest BCUT2D eigenvalue weighted by atomic mass is 16.6. The summed E-state index contributed by atoms with van der Waals surface area (Å²) in [5.74, 6) is -0.0112. The van der Waals surface area contributed by atoms with Gasteiger partial charge < -0.3 is 20.1 Å². The van der Waals surface area contributed by atoms with E-state index >= 15 is 0 Å². The van der Waals surface area contributed by atoms with Crippen LogP contribution in [0.4, 0.5) is 17.1 Å². The number of anilines is 2. The van der Waals surface area contributed by atoms with Crippen LogP contribution in [0.3, 0.4) is 0 Å². The minimum absolute atomic E-state index is 0.0991. The van der Waals surface area contributed by atoms with Gasteiger partial charge in [-0.25, -0.2) is 0 Å². The summed E-state index contributed by atoms with van der Waals surface area (Å²) < 4.78 is 5.18. The average molecular weight is 295 g/mol. The van der Waals surface area contributed by atoms with Crippen molar-refractivity contribution >= 4 is 23.0 Å². The number of hydrogen-bond acceptors (Lipinski definition) is 6. The van der Waals surface area contributed by atoms with E-state index in [1.807, 2.05) is 0 Å². The Morgan fingerprint density at radius 1 is 1.57 bits per heavy atom. The molecule has 1 unspecified atom stereocenters. The van der Waals surface area contributed by atoms with Crippen LogP contribution in [-0.4, -0.2) is 42.2 Å². The molecule has 21 heavy (non-hydrogen) atoms. The zero-order valence-corrected chi connectivity index (χ0v) is 11.8. The fourth-order valence-corrected chi connectivity index (χ4v) is 2.06. The molecule has 2 rings (SSSR count). The highest BCUT2D eigenvalue weighted by Crippen LogP contribution is 2.39. The van der Waals surface area contributed by atoms with E-state index in [0.717, 1.165) is 0 Å². The average Bonchev–Trinajstić information content (AvgIpc) is 2.42. The largest absolute Gasteiger partial charge is 0.481 e. The maximum Gasteiger partial charge on any atom is 0.296 e. The molecule has 0 aliphatic carbocycles. The number of amides is 1. The van der Waals surface area contributed by atoms with Gasteiger partial charge in [0.1, 0.15) is 5.69 Å². The van der Waals surface area contributed by atoms with E-state index in [9.17, 15) is 20.0 Å². The van der Waals surface area contributed by atoms with Gasteiger partial charge in [0.05, 0.1) is 22.8 Å². The molecule has 1 aliphatic rings. The molecule has 1 atom stereocenters. The second-order valence-corrected chi connectivity index (χ2v) is 4.99. The lowest BCUT2D eigenvalue weighted by molar-refractivity contribution is -0.384. The molecule has 1 aromatic rings. The Labute approximate surface area is 121 Å². The van der Waals surface area contributed by atoms with Crippen molar-refractivity contribution in [2.24, 2.45) is 0 Å². The zero-order valence-electron chi connectivity index (χ0n) is 11.8. The summed E-state index contributed by atoms with van der Waals surface area (Å²) in [4.78, 5) is 23.7. The molecular formula is C13H17N3O5. The van der Waals surface area contributed by atoms with Gasteiger partial charge in [-0.15, -0.1) is 0 Å². The number of nitro groups is 1. The van der Waals surface area contributed by atoms with Crippen LogP contribution in [-0.2, 0) is 4.79 Å². The van der Waals surface area contributed by atoms with Crippen molar-refractivity contribution in [3.8, 4) is 5.75 Å². The summed E-state index contributed by atoms with van der Waals surface area (Å²) in [5, 5.41) is 23.1. The molecular weight excluding hydrogens is 278 g/mol. The van der Waals surface area contributed by atoms with Crippen molar-refractivity contribution < 1.29 is 19.6 Å². The number of ether oxygens (including phenoxy) is 1. The lowest BCUT2D eigenvalue weighted by Crippen LogP contribution is -2.27. The van der Waals surface area contributed by atoms with Gasteiger partial charge in [0, 0.05) is 13.6 Å². The molecule has 1 amide bonds. The van der Waals surface area contributed by atoms with E-state index in [4.69, 9.17) is 4.74 Å². The first kappa shape index (κ1) is 15.0. The van der Waals surface area contributed by atoms with Crippen molar-refractivity contribution in [2.75, 3.05) is 30.4 Å². The number of nitrogens with one attached hydrogen (secondary N) is 1. The lowest BCUT2D eigenvalue weighted by atomic mass is 10.1. The molecule has 0 saturated carbocycles. The van der Waals surface area contributed by atoms with Crippen LogP contribution in [0, 0.1) is 10.1 Å². The molecule has 8 heteroatoms. The van der Waals surface area contributed by atoms with Gasteiger partial charge in [-0.05, 0) is 19.4 Å². The van der Waals surface area contributed by atoms with Gasteiger partial charge in [0.2, 0.25) is 0 Å². The molecule has 0 spiro atoms. The number of benzene rings is 1. The fourth-order valence-electron chi connectivity index (χ4n) is 2.06. The molecule has 1 aromatic carbocycles. The van der Waals surface area contributed by atoms with E-state index in [1.165, 1.54) is 12.1 Å². The van der Waals surface area contributed by atoms with Crippen LogP contribution in [0.1, 0.15) is 13.3 Å². The fraction of sp³-hybridized carbons (Fsp3) is 0.462. The first-order chi connectivity index (χ1) is 9.88. The number of carbonyl (C=O) groups is 1. The van der Waals surface area contributed by atoms with Crippen LogP contribution < -0.4 is 15.0 Å². The van der Waals surface area contributed by atoms with Gasteiger partial charge in [0.25, 0.3) is 11.6 Å². The SMILES string of the molecule is CC(O)CCN(C)c1cc2c(cc1[N+](=O)[O-])OCC(=O)N2. The third-order valence-electron chi connectivity index (χ3n) is 3.20. The summed E-state index contributed by atoms with van der Waals surface area (Å²) in [6, 6.07) is 2.83. The summed E-state index contributed by atoms with van der Waals surface area (Å²) >= 11 is 0. The first-order valence-corrected chi connectivity index (χ1v) is 6.52. The van der Waals surface area contributed by atoms with Crippen molar-refractivity contribution in [1.29, 1.82) is 0 Å². The summed E-state index contributed by atoms with van der Waals surface area (Å²) in [6.45, 7) is 1.95. The van der Waals surface area contributed by atoms with Crippen LogP contribution in [0.15, 0.2) is 12.1 Å². The number of carbonyl (C=O) groups excluding carboxylic acids is 1. The normalized spacial score (nSPS) is 14.7. The smallest absolute Gasteiger partial charge is 0.296 e. The number of nitrogens with zero attached hydrogens (tertiary/aromatic N) is 2. The van der Waals surface area contributed by atoms with Crippen molar-refractivity contribution in [3.05, 3.63) is 22.2 Å². The number of nitro benzene ring substituents is 1. The third kappa shape index (κ3) is 3.40. The second-order valence-electron chi connectivity index (χ2n) is 4.99. The van der Waals surface area contributed by atoms with E-state index < -0.39 is 11.0 Å². The minimum Gasteiger partial charge on any atom is -0.481 e. The highest BCUT2D eigenvalue weighted by Gasteiger charge is 2.25. The van der Waals surface area contributed by atoms with E-state index in [1.54, 1.807) is 18.9 Å². The Kier molecular flexibility index (Phi) is 4.27. The highest BCUT2D eigenvalue weighted by molar-refractivity contribution is 5.96. The standard InChI is InChI=1S/C13H17N3O5/c1-8(17)3-4-15(2)10-5-9-12(6-11(10)16(19)20)21-7-13(18)14-9/h5-6,8,17H,3-4,7H2,1-2H3,(H,14,18). The van der Waals surface area contributed by atoms with Crippen molar-refractivity contribution in [2.45, 2.75) is 19.4 Å². The van der Waals surface area contributed by atoms with Gasteiger partial charge in [-0.2, -0.15) is 0 Å². The van der Waals surface area contributed by atoms with Crippen LogP contribution in [0.25, 0.3) is 0 Å². The molecule has 8 nitrogen and oxygen atoms in total. The Hall–Kier alpha value is -2.35. The molecule has 0 fully saturated rings. The predicted molar refractivity (Wildman–Crippen MR) is 76.8 cm³/mol. The molecule has 114 valence electrons. The molecule has 1 heterocycles. The maximum atomic E-state index is 11.3. The maximum absolute atomic E-state index is 11.3. The Morgan fingerprint density at radius 3 is 2.90 bits per heavy atom. The monoisotopic (exact) mass is 295 g/mol. The Bertz CT molecular complexity index is 573. The predicted octanol–water partition coefficient (Wildman–Crippen LogP) is 1.13. The molecule has 0 radical (unpaired) electrons. The lowest BCUT2D eigenvalue weighted by Gasteiger charge is -2.23.